The van der Waals surface area contributed by atoms with Gasteiger partial charge in [0.2, 0.25) is 11.8 Å². The fraction of sp³-hybridized carbons (Fsp3) is 0.788. The number of carboxylic acids is 2. The van der Waals surface area contributed by atoms with Crippen molar-refractivity contribution in [3.05, 3.63) is 0 Å². The lowest BCUT2D eigenvalue weighted by molar-refractivity contribution is -0.144. The van der Waals surface area contributed by atoms with Crippen LogP contribution in [0.15, 0.2) is 0 Å². The quantitative estimate of drug-likeness (QED) is 0.0259. The van der Waals surface area contributed by atoms with Gasteiger partial charge in [0.25, 0.3) is 0 Å². The number of amides is 2. The van der Waals surface area contributed by atoms with Gasteiger partial charge in [-0.1, -0.05) is 53.2 Å². The summed E-state index contributed by atoms with van der Waals surface area (Å²) in [7, 11) is -13.5. The standard InChI is InChI=1S/C33H55N2O19P3S2/c1-2-23(33(42)43)18-26(36)25(19-32(40)41)35-31(39)11-5-6-16-58-59-17-14-30(38)34-15-7-9-22-8-3-4-10-24(13-12-22)28-20-27(37)29(52-28)21-51-56(47,48)54-57(49,50)53-55(44,45)46/h22-25,27-29,37H,2-6,8,10-21H2,1H3,(H,34,38)(H,35,39)(H,40,41)(H,42,43)(H,47,48)(H,49,50)(H2,44,45,46)/t22?,23?,24?,25?,27?,28-,29-/m1/s1. The molecule has 21 nitrogen and oxygen atoms in total. The molecule has 0 spiro atoms. The Kier molecular flexibility index (Phi) is 24.0. The average molecular weight is 941 g/mol. The van der Waals surface area contributed by atoms with E-state index in [1.54, 1.807) is 17.7 Å². The normalized spacial score (nSPS) is 24.1. The van der Waals surface area contributed by atoms with Crippen molar-refractivity contribution in [3.8, 4) is 11.8 Å². The maximum atomic E-state index is 12.5. The number of unbranched alkanes of at least 4 members (excludes halogenated alkanes) is 1. The highest BCUT2D eigenvalue weighted by Gasteiger charge is 2.43. The number of Topliss-reactive ketones (excluding diaryl/α,β-unsaturated/α-hetero) is 1. The highest BCUT2D eigenvalue weighted by Crippen LogP contribution is 2.66. The van der Waals surface area contributed by atoms with Crippen molar-refractivity contribution in [1.82, 2.24) is 10.6 Å². The molecule has 0 bridgehead atoms. The second-order valence-electron chi connectivity index (χ2n) is 14.0. The zero-order valence-electron chi connectivity index (χ0n) is 32.5. The maximum absolute atomic E-state index is 12.5. The maximum Gasteiger partial charge on any atom is 0.490 e. The number of carbonyl (C=O) groups is 5. The van der Waals surface area contributed by atoms with Crippen LogP contribution >= 0.6 is 45.1 Å². The van der Waals surface area contributed by atoms with E-state index in [0.717, 1.165) is 38.5 Å². The number of ketones is 1. The third-order valence-electron chi connectivity index (χ3n) is 9.31. The number of hydrogen-bond acceptors (Lipinski definition) is 15. The second kappa shape index (κ2) is 26.6. The molecule has 7 unspecified atom stereocenters. The minimum Gasteiger partial charge on any atom is -0.481 e. The number of phosphoric ester groups is 1. The Balaban J connectivity index is 1.63. The van der Waals surface area contributed by atoms with E-state index in [1.807, 2.05) is 0 Å². The molecule has 0 aromatic rings. The molecule has 9 atom stereocenters. The van der Waals surface area contributed by atoms with Crippen molar-refractivity contribution in [2.45, 2.75) is 121 Å². The van der Waals surface area contributed by atoms with Gasteiger partial charge >= 0.3 is 35.4 Å². The van der Waals surface area contributed by atoms with Gasteiger partial charge in [0, 0.05) is 43.1 Å². The van der Waals surface area contributed by atoms with E-state index in [2.05, 4.69) is 35.6 Å². The zero-order chi connectivity index (χ0) is 44.2. The molecular formula is C33H55N2O19P3S2. The third-order valence-corrected chi connectivity index (χ3v) is 15.6. The molecule has 2 amide bonds. The molecule has 0 radical (unpaired) electrons. The van der Waals surface area contributed by atoms with Gasteiger partial charge in [-0.2, -0.15) is 8.62 Å². The van der Waals surface area contributed by atoms with Gasteiger partial charge in [-0.25, -0.2) is 13.7 Å². The topological polar surface area (TPSA) is 339 Å². The number of aliphatic carboxylic acids is 2. The summed E-state index contributed by atoms with van der Waals surface area (Å²) in [6, 6.07) is -1.29. The van der Waals surface area contributed by atoms with E-state index in [9.17, 15) is 57.7 Å². The molecule has 2 rings (SSSR count). The third kappa shape index (κ3) is 23.2. The summed E-state index contributed by atoms with van der Waals surface area (Å²) in [5.74, 6) is 2.96. The van der Waals surface area contributed by atoms with Crippen molar-refractivity contribution in [3.63, 3.8) is 0 Å². The molecule has 1 saturated carbocycles. The van der Waals surface area contributed by atoms with Crippen molar-refractivity contribution >= 4 is 74.6 Å². The van der Waals surface area contributed by atoms with Gasteiger partial charge in [0.15, 0.2) is 5.78 Å². The summed E-state index contributed by atoms with van der Waals surface area (Å²) in [5.41, 5.74) is 0. The van der Waals surface area contributed by atoms with E-state index in [0.29, 0.717) is 24.3 Å². The molecule has 26 heteroatoms. The molecule has 0 aromatic heterocycles. The molecule has 9 N–H and O–H groups in total. The number of aliphatic hydroxyl groups excluding tert-OH is 1. The number of phosphoric acid groups is 3. The van der Waals surface area contributed by atoms with E-state index < -0.39 is 90.4 Å². The van der Waals surface area contributed by atoms with Gasteiger partial charge in [-0.15, -0.1) is 0 Å². The Hall–Kier alpha value is -1.86. The molecule has 338 valence electrons. The van der Waals surface area contributed by atoms with Gasteiger partial charge in [-0.3, -0.25) is 28.5 Å². The molecule has 1 saturated heterocycles. The van der Waals surface area contributed by atoms with Gasteiger partial charge in [-0.05, 0) is 50.9 Å². The fourth-order valence-corrected chi connectivity index (χ4v) is 11.5. The molecule has 1 aliphatic carbocycles. The Bertz CT molecular complexity index is 1620. The molecule has 1 heterocycles. The van der Waals surface area contributed by atoms with Crippen molar-refractivity contribution in [2.75, 3.05) is 24.7 Å². The summed E-state index contributed by atoms with van der Waals surface area (Å²) < 4.78 is 52.4. The molecule has 1 aliphatic heterocycles. The first kappa shape index (κ1) is 53.3. The molecule has 2 aliphatic rings. The van der Waals surface area contributed by atoms with E-state index in [4.69, 9.17) is 19.6 Å². The second-order valence-corrected chi connectivity index (χ2v) is 21.1. The number of carbonyl (C=O) groups excluding carboxylic acids is 3. The monoisotopic (exact) mass is 940 g/mol. The highest BCUT2D eigenvalue weighted by atomic mass is 33.1. The van der Waals surface area contributed by atoms with Crippen LogP contribution < -0.4 is 10.6 Å². The first-order chi connectivity index (χ1) is 27.6. The largest absolute Gasteiger partial charge is 0.490 e. The summed E-state index contributed by atoms with van der Waals surface area (Å²) in [4.78, 5) is 95.9. The van der Waals surface area contributed by atoms with Crippen LogP contribution in [0.1, 0.15) is 96.8 Å². The van der Waals surface area contributed by atoms with E-state index in [1.165, 1.54) is 10.8 Å². The number of nitrogens with one attached hydrogen (secondary N) is 2. The SMILES string of the molecule is CCC(CC(=O)C(CC(=O)O)NC(=O)CCCCSSCCC(=O)NCC#CC1CCCCC([C@H]2CC(O)[C@@H](COP(=O)(O)OP(=O)(O)OP(=O)(O)O)O2)CC1)C(=O)O. The number of carboxylic acid groups (broad SMARTS) is 2. The Labute approximate surface area is 350 Å². The molecule has 2 fully saturated rings. The first-order valence-electron chi connectivity index (χ1n) is 19.0. The van der Waals surface area contributed by atoms with Crippen LogP contribution in [0.3, 0.4) is 0 Å². The smallest absolute Gasteiger partial charge is 0.481 e. The first-order valence-corrected chi connectivity index (χ1v) is 26.0. The summed E-state index contributed by atoms with van der Waals surface area (Å²) in [6.07, 6.45) is 3.25. The number of ether oxygens (including phenoxy) is 1. The minimum absolute atomic E-state index is 0.0347. The predicted molar refractivity (Wildman–Crippen MR) is 213 cm³/mol. The van der Waals surface area contributed by atoms with E-state index in [-0.39, 0.29) is 56.4 Å². The Morgan fingerprint density at radius 2 is 1.56 bits per heavy atom. The zero-order valence-corrected chi connectivity index (χ0v) is 36.8. The molecule has 59 heavy (non-hydrogen) atoms. The lowest BCUT2D eigenvalue weighted by atomic mass is 9.82. The predicted octanol–water partition coefficient (Wildman–Crippen LogP) is 3.53. The summed E-state index contributed by atoms with van der Waals surface area (Å²) in [5, 5.41) is 34.0. The number of aliphatic hydroxyl groups is 1. The fourth-order valence-electron chi connectivity index (χ4n) is 6.31. The summed E-state index contributed by atoms with van der Waals surface area (Å²) >= 11 is 0. The lowest BCUT2D eigenvalue weighted by Crippen LogP contribution is -2.43. The number of rotatable bonds is 26. The molecule has 0 aromatic carbocycles. The van der Waals surface area contributed by atoms with Crippen molar-refractivity contribution in [2.24, 2.45) is 17.8 Å². The number of hydrogen-bond donors (Lipinski definition) is 9. The van der Waals surface area contributed by atoms with Gasteiger partial charge in [0.05, 0.1) is 43.7 Å². The van der Waals surface area contributed by atoms with Gasteiger partial charge in [0.1, 0.15) is 6.10 Å². The highest BCUT2D eigenvalue weighted by molar-refractivity contribution is 8.76. The minimum atomic E-state index is -5.67. The van der Waals surface area contributed by atoms with Crippen LogP contribution in [-0.4, -0.2) is 113 Å². The van der Waals surface area contributed by atoms with Crippen molar-refractivity contribution < 1.29 is 90.4 Å². The van der Waals surface area contributed by atoms with Crippen LogP contribution in [0.2, 0.25) is 0 Å². The Morgan fingerprint density at radius 3 is 2.22 bits per heavy atom. The Morgan fingerprint density at radius 1 is 0.864 bits per heavy atom. The van der Waals surface area contributed by atoms with Crippen LogP contribution in [0.5, 0.6) is 0 Å². The van der Waals surface area contributed by atoms with E-state index >= 15 is 0 Å². The van der Waals surface area contributed by atoms with Crippen molar-refractivity contribution in [1.29, 1.82) is 0 Å². The molecular weight excluding hydrogens is 885 g/mol. The van der Waals surface area contributed by atoms with Crippen LogP contribution in [0.4, 0.5) is 0 Å². The van der Waals surface area contributed by atoms with Crippen LogP contribution in [-0.2, 0) is 55.5 Å². The van der Waals surface area contributed by atoms with Crippen LogP contribution in [0.25, 0.3) is 0 Å². The van der Waals surface area contributed by atoms with Gasteiger partial charge < -0.3 is 50.3 Å². The van der Waals surface area contributed by atoms with Crippen LogP contribution in [0, 0.1) is 29.6 Å². The summed E-state index contributed by atoms with van der Waals surface area (Å²) in [6.45, 7) is 1.07. The average Bonchev–Trinajstić information content (AvgIpc) is 3.47. The lowest BCUT2D eigenvalue weighted by Gasteiger charge is -2.27.